The van der Waals surface area contributed by atoms with Crippen LogP contribution in [0.25, 0.3) is 66.1 Å². The van der Waals surface area contributed by atoms with E-state index in [0.717, 1.165) is 17.1 Å². The SMILES string of the molecule is c1ccc(-c2ccc(-c3ccc(N(c4ccc(-c5cccc6ccccc56)cc4)c4cccc5ccccc45)cc3)cc2-c2ccccc2)cc1. The molecule has 0 aliphatic heterocycles. The van der Waals surface area contributed by atoms with Crippen molar-refractivity contribution in [1.29, 1.82) is 0 Å². The third kappa shape index (κ3) is 5.86. The van der Waals surface area contributed by atoms with Gasteiger partial charge in [0.25, 0.3) is 0 Å². The fourth-order valence-electron chi connectivity index (χ4n) is 7.35. The van der Waals surface area contributed by atoms with Crippen LogP contribution in [0.2, 0.25) is 0 Å². The molecule has 1 heteroatoms. The van der Waals surface area contributed by atoms with Crippen LogP contribution < -0.4 is 4.90 Å². The fraction of sp³-hybridized carbons (Fsp3) is 0. The summed E-state index contributed by atoms with van der Waals surface area (Å²) in [5.74, 6) is 0. The molecule has 9 rings (SSSR count). The number of hydrogen-bond donors (Lipinski definition) is 0. The van der Waals surface area contributed by atoms with Gasteiger partial charge in [-0.25, -0.2) is 0 Å². The second-order valence-electron chi connectivity index (χ2n) is 12.9. The minimum Gasteiger partial charge on any atom is -0.310 e. The van der Waals surface area contributed by atoms with E-state index in [1.54, 1.807) is 0 Å². The first-order valence-electron chi connectivity index (χ1n) is 17.5. The van der Waals surface area contributed by atoms with Gasteiger partial charge in [0, 0.05) is 16.8 Å². The summed E-state index contributed by atoms with van der Waals surface area (Å²) < 4.78 is 0. The molecule has 0 saturated carbocycles. The second kappa shape index (κ2) is 13.3. The molecule has 51 heavy (non-hydrogen) atoms. The summed E-state index contributed by atoms with van der Waals surface area (Å²) in [7, 11) is 0. The van der Waals surface area contributed by atoms with Gasteiger partial charge in [-0.3, -0.25) is 0 Å². The van der Waals surface area contributed by atoms with Gasteiger partial charge in [-0.05, 0) is 97.1 Å². The Balaban J connectivity index is 1.13. The summed E-state index contributed by atoms with van der Waals surface area (Å²) in [4.78, 5) is 2.38. The molecule has 9 aromatic carbocycles. The van der Waals surface area contributed by atoms with Crippen LogP contribution in [0.3, 0.4) is 0 Å². The lowest BCUT2D eigenvalue weighted by Gasteiger charge is -2.27. The van der Waals surface area contributed by atoms with E-state index in [1.807, 2.05) is 0 Å². The highest BCUT2D eigenvalue weighted by Gasteiger charge is 2.17. The Bertz CT molecular complexity index is 2590. The number of hydrogen-bond acceptors (Lipinski definition) is 1. The number of nitrogens with zero attached hydrogens (tertiary/aromatic N) is 1. The highest BCUT2D eigenvalue weighted by atomic mass is 15.1. The molecule has 240 valence electrons. The van der Waals surface area contributed by atoms with Crippen LogP contribution >= 0.6 is 0 Å². The molecule has 0 aliphatic rings. The highest BCUT2D eigenvalue weighted by Crippen LogP contribution is 2.41. The number of rotatable bonds is 7. The maximum Gasteiger partial charge on any atom is 0.0540 e. The lowest BCUT2D eigenvalue weighted by molar-refractivity contribution is 1.30. The van der Waals surface area contributed by atoms with E-state index < -0.39 is 0 Å². The zero-order valence-electron chi connectivity index (χ0n) is 28.2. The molecular weight excluding hydrogens is 615 g/mol. The Kier molecular flexibility index (Phi) is 7.92. The summed E-state index contributed by atoms with van der Waals surface area (Å²) in [6.45, 7) is 0. The summed E-state index contributed by atoms with van der Waals surface area (Å²) in [6, 6.07) is 76.6. The summed E-state index contributed by atoms with van der Waals surface area (Å²) in [6.07, 6.45) is 0. The molecule has 9 aromatic rings. The van der Waals surface area contributed by atoms with Crippen LogP contribution in [0.4, 0.5) is 17.1 Å². The molecule has 0 atom stereocenters. The molecule has 0 unspecified atom stereocenters. The Labute approximate surface area is 299 Å². The van der Waals surface area contributed by atoms with Crippen LogP contribution in [-0.4, -0.2) is 0 Å². The van der Waals surface area contributed by atoms with Gasteiger partial charge in [0.2, 0.25) is 0 Å². The topological polar surface area (TPSA) is 3.24 Å². The molecule has 0 saturated heterocycles. The molecule has 0 amide bonds. The van der Waals surface area contributed by atoms with Gasteiger partial charge in [-0.15, -0.1) is 0 Å². The van der Waals surface area contributed by atoms with Gasteiger partial charge < -0.3 is 4.90 Å². The lowest BCUT2D eigenvalue weighted by Crippen LogP contribution is -2.10. The zero-order valence-corrected chi connectivity index (χ0v) is 28.2. The van der Waals surface area contributed by atoms with Crippen molar-refractivity contribution in [2.75, 3.05) is 4.90 Å². The molecule has 0 radical (unpaired) electrons. The van der Waals surface area contributed by atoms with Crippen molar-refractivity contribution in [3.63, 3.8) is 0 Å². The van der Waals surface area contributed by atoms with E-state index in [9.17, 15) is 0 Å². The van der Waals surface area contributed by atoms with Crippen LogP contribution in [0.1, 0.15) is 0 Å². The molecule has 0 bridgehead atoms. The Hall–Kier alpha value is -6.70. The standard InChI is InChI=1S/C50H35N/c1-3-13-37(14-4-1)47-34-29-42(35-49(47)40-15-5-2-6-16-40)36-25-30-43(31-26-36)51(50-24-12-20-39-18-8-10-22-48(39)50)44-32-27-41(28-33-44)46-23-11-19-38-17-7-9-21-45(38)46/h1-35H. The number of benzene rings is 9. The first-order valence-corrected chi connectivity index (χ1v) is 17.5. The average Bonchev–Trinajstić information content (AvgIpc) is 3.22. The van der Waals surface area contributed by atoms with Gasteiger partial charge in [0.05, 0.1) is 5.69 Å². The van der Waals surface area contributed by atoms with E-state index >= 15 is 0 Å². The summed E-state index contributed by atoms with van der Waals surface area (Å²) in [5.41, 5.74) is 13.1. The number of anilines is 3. The van der Waals surface area contributed by atoms with Crippen molar-refractivity contribution in [2.45, 2.75) is 0 Å². The molecular formula is C50H35N. The van der Waals surface area contributed by atoms with Gasteiger partial charge >= 0.3 is 0 Å². The third-order valence-corrected chi connectivity index (χ3v) is 9.88. The predicted molar refractivity (Wildman–Crippen MR) is 218 cm³/mol. The smallest absolute Gasteiger partial charge is 0.0540 e. The Morgan fingerprint density at radius 1 is 0.255 bits per heavy atom. The minimum absolute atomic E-state index is 1.11. The van der Waals surface area contributed by atoms with Crippen LogP contribution in [0.15, 0.2) is 212 Å². The van der Waals surface area contributed by atoms with E-state index in [-0.39, 0.29) is 0 Å². The van der Waals surface area contributed by atoms with Gasteiger partial charge in [-0.2, -0.15) is 0 Å². The molecule has 0 fully saturated rings. The molecule has 0 spiro atoms. The molecule has 0 aliphatic carbocycles. The van der Waals surface area contributed by atoms with Crippen LogP contribution in [-0.2, 0) is 0 Å². The van der Waals surface area contributed by atoms with Crippen molar-refractivity contribution in [3.05, 3.63) is 212 Å². The second-order valence-corrected chi connectivity index (χ2v) is 12.9. The van der Waals surface area contributed by atoms with E-state index in [0.29, 0.717) is 0 Å². The summed E-state index contributed by atoms with van der Waals surface area (Å²) in [5, 5.41) is 4.95. The largest absolute Gasteiger partial charge is 0.310 e. The van der Waals surface area contributed by atoms with Gasteiger partial charge in [0.15, 0.2) is 0 Å². The van der Waals surface area contributed by atoms with Crippen molar-refractivity contribution < 1.29 is 0 Å². The number of fused-ring (bicyclic) bond motifs is 2. The Morgan fingerprint density at radius 2 is 0.725 bits per heavy atom. The van der Waals surface area contributed by atoms with E-state index in [1.165, 1.54) is 66.1 Å². The maximum absolute atomic E-state index is 2.38. The molecule has 0 aromatic heterocycles. The quantitative estimate of drug-likeness (QED) is 0.166. The van der Waals surface area contributed by atoms with Crippen LogP contribution in [0.5, 0.6) is 0 Å². The first kappa shape index (κ1) is 30.4. The molecule has 1 nitrogen and oxygen atoms in total. The van der Waals surface area contributed by atoms with Crippen molar-refractivity contribution in [3.8, 4) is 44.5 Å². The normalized spacial score (nSPS) is 11.1. The average molecular weight is 650 g/mol. The molecule has 0 N–H and O–H groups in total. The van der Waals surface area contributed by atoms with E-state index in [4.69, 9.17) is 0 Å². The highest BCUT2D eigenvalue weighted by molar-refractivity contribution is 6.00. The van der Waals surface area contributed by atoms with Crippen molar-refractivity contribution in [2.24, 2.45) is 0 Å². The third-order valence-electron chi connectivity index (χ3n) is 9.88. The van der Waals surface area contributed by atoms with Crippen molar-refractivity contribution >= 4 is 38.6 Å². The van der Waals surface area contributed by atoms with Crippen molar-refractivity contribution in [1.82, 2.24) is 0 Å². The zero-order chi connectivity index (χ0) is 34.0. The van der Waals surface area contributed by atoms with E-state index in [2.05, 4.69) is 217 Å². The summed E-state index contributed by atoms with van der Waals surface area (Å²) >= 11 is 0. The predicted octanol–water partition coefficient (Wildman–Crippen LogP) is 14.1. The van der Waals surface area contributed by atoms with Crippen LogP contribution in [0, 0.1) is 0 Å². The van der Waals surface area contributed by atoms with Gasteiger partial charge in [0.1, 0.15) is 0 Å². The minimum atomic E-state index is 1.11. The maximum atomic E-state index is 2.38. The first-order chi connectivity index (χ1) is 25.3. The fourth-order valence-corrected chi connectivity index (χ4v) is 7.35. The van der Waals surface area contributed by atoms with Gasteiger partial charge in [-0.1, -0.05) is 176 Å². The molecule has 0 heterocycles. The Morgan fingerprint density at radius 3 is 1.39 bits per heavy atom. The lowest BCUT2D eigenvalue weighted by atomic mass is 9.91. The monoisotopic (exact) mass is 649 g/mol.